The average Bonchev–Trinajstić information content (AvgIpc) is 2.69. The van der Waals surface area contributed by atoms with Crippen LogP contribution in [0, 0.1) is 6.92 Å². The Kier molecular flexibility index (Phi) is 6.22. The lowest BCUT2D eigenvalue weighted by Gasteiger charge is -2.27. The lowest BCUT2D eigenvalue weighted by Crippen LogP contribution is -2.26. The van der Waals surface area contributed by atoms with Crippen LogP contribution in [0.25, 0.3) is 0 Å². The Morgan fingerprint density at radius 3 is 1.73 bits per heavy atom. The molecule has 0 heterocycles. The number of hydrogen-bond acceptors (Lipinski definition) is 3. The molecular formula is C25H29NO3S. The molecule has 4 nitrogen and oxygen atoms in total. The molecule has 0 radical (unpaired) electrons. The molecule has 0 aliphatic heterocycles. The maximum absolute atomic E-state index is 13.8. The van der Waals surface area contributed by atoms with Crippen molar-refractivity contribution in [3.05, 3.63) is 83.4 Å². The normalized spacial score (nSPS) is 11.8. The van der Waals surface area contributed by atoms with Gasteiger partial charge in [0, 0.05) is 0 Å². The number of para-hydroxylation sites is 1. The molecule has 3 rings (SSSR count). The fourth-order valence-electron chi connectivity index (χ4n) is 3.47. The summed E-state index contributed by atoms with van der Waals surface area (Å²) in [5, 5.41) is 10.8. The lowest BCUT2D eigenvalue weighted by molar-refractivity contribution is 0.454. The molecule has 3 aromatic rings. The zero-order valence-corrected chi connectivity index (χ0v) is 18.9. The van der Waals surface area contributed by atoms with Crippen LogP contribution in [0.3, 0.4) is 0 Å². The SMILES string of the molecule is Cc1ccc(S(=O)(=O)N(c2ccccc2)c2cc(C(C)C)c(O)c(C(C)C)c2)cc1. The summed E-state index contributed by atoms with van der Waals surface area (Å²) in [5.41, 5.74) is 3.53. The van der Waals surface area contributed by atoms with E-state index >= 15 is 0 Å². The number of phenols is 1. The van der Waals surface area contributed by atoms with E-state index in [1.54, 1.807) is 48.5 Å². The van der Waals surface area contributed by atoms with Gasteiger partial charge >= 0.3 is 0 Å². The van der Waals surface area contributed by atoms with Crippen molar-refractivity contribution in [2.24, 2.45) is 0 Å². The third-order valence-corrected chi connectivity index (χ3v) is 6.95. The van der Waals surface area contributed by atoms with Crippen LogP contribution in [0.4, 0.5) is 11.4 Å². The first-order valence-corrected chi connectivity index (χ1v) is 11.6. The molecule has 0 aromatic heterocycles. The van der Waals surface area contributed by atoms with E-state index in [0.717, 1.165) is 16.7 Å². The summed E-state index contributed by atoms with van der Waals surface area (Å²) in [6, 6.07) is 19.5. The van der Waals surface area contributed by atoms with E-state index in [-0.39, 0.29) is 22.5 Å². The standard InChI is InChI=1S/C25H29NO3S/c1-17(2)23-15-21(16-24(18(3)4)25(23)27)26(20-9-7-6-8-10-20)30(28,29)22-13-11-19(5)12-14-22/h6-18,27H,1-5H3. The molecule has 0 fully saturated rings. The van der Waals surface area contributed by atoms with Gasteiger partial charge in [-0.3, -0.25) is 0 Å². The lowest BCUT2D eigenvalue weighted by atomic mass is 9.93. The van der Waals surface area contributed by atoms with E-state index < -0.39 is 10.0 Å². The Balaban J connectivity index is 2.31. The van der Waals surface area contributed by atoms with Crippen LogP contribution >= 0.6 is 0 Å². The molecule has 0 spiro atoms. The van der Waals surface area contributed by atoms with E-state index in [9.17, 15) is 13.5 Å². The van der Waals surface area contributed by atoms with Gasteiger partial charge in [-0.15, -0.1) is 0 Å². The van der Waals surface area contributed by atoms with Gasteiger partial charge in [0.1, 0.15) is 5.75 Å². The van der Waals surface area contributed by atoms with Gasteiger partial charge in [0.15, 0.2) is 0 Å². The van der Waals surface area contributed by atoms with E-state index in [1.807, 2.05) is 52.8 Å². The number of aromatic hydroxyl groups is 1. The van der Waals surface area contributed by atoms with E-state index in [2.05, 4.69) is 0 Å². The first-order valence-electron chi connectivity index (χ1n) is 10.2. The minimum absolute atomic E-state index is 0.0437. The summed E-state index contributed by atoms with van der Waals surface area (Å²) in [5.74, 6) is 0.328. The summed E-state index contributed by atoms with van der Waals surface area (Å²) in [6.07, 6.45) is 0. The Morgan fingerprint density at radius 1 is 0.767 bits per heavy atom. The van der Waals surface area contributed by atoms with Crippen molar-refractivity contribution in [1.82, 2.24) is 0 Å². The minimum atomic E-state index is -3.87. The third kappa shape index (κ3) is 4.21. The summed E-state index contributed by atoms with van der Waals surface area (Å²) in [6.45, 7) is 9.89. The topological polar surface area (TPSA) is 57.6 Å². The second kappa shape index (κ2) is 8.52. The quantitative estimate of drug-likeness (QED) is 0.494. The summed E-state index contributed by atoms with van der Waals surface area (Å²) >= 11 is 0. The van der Waals surface area contributed by atoms with Crippen molar-refractivity contribution in [2.75, 3.05) is 4.31 Å². The van der Waals surface area contributed by atoms with Gasteiger partial charge in [-0.05, 0) is 66.3 Å². The van der Waals surface area contributed by atoms with Gasteiger partial charge in [-0.2, -0.15) is 0 Å². The molecule has 0 aliphatic carbocycles. The van der Waals surface area contributed by atoms with Gasteiger partial charge in [0.05, 0.1) is 16.3 Å². The van der Waals surface area contributed by atoms with Crippen molar-refractivity contribution in [1.29, 1.82) is 0 Å². The number of hydrogen-bond donors (Lipinski definition) is 1. The second-order valence-electron chi connectivity index (χ2n) is 8.20. The van der Waals surface area contributed by atoms with Crippen LogP contribution in [-0.4, -0.2) is 13.5 Å². The molecular weight excluding hydrogens is 394 g/mol. The molecule has 30 heavy (non-hydrogen) atoms. The summed E-state index contributed by atoms with van der Waals surface area (Å²) in [7, 11) is -3.87. The average molecular weight is 424 g/mol. The predicted molar refractivity (Wildman–Crippen MR) is 123 cm³/mol. The minimum Gasteiger partial charge on any atom is -0.507 e. The largest absolute Gasteiger partial charge is 0.507 e. The highest BCUT2D eigenvalue weighted by molar-refractivity contribution is 7.93. The fourth-order valence-corrected chi connectivity index (χ4v) is 4.94. The molecule has 0 saturated heterocycles. The second-order valence-corrected chi connectivity index (χ2v) is 9.99. The van der Waals surface area contributed by atoms with Gasteiger partial charge in [0.25, 0.3) is 10.0 Å². The third-order valence-electron chi connectivity index (χ3n) is 5.18. The van der Waals surface area contributed by atoms with Crippen LogP contribution < -0.4 is 4.31 Å². The van der Waals surface area contributed by atoms with Crippen molar-refractivity contribution >= 4 is 21.4 Å². The molecule has 1 N–H and O–H groups in total. The van der Waals surface area contributed by atoms with E-state index in [0.29, 0.717) is 11.4 Å². The molecule has 0 saturated carbocycles. The van der Waals surface area contributed by atoms with Gasteiger partial charge in [-0.1, -0.05) is 63.6 Å². The highest BCUT2D eigenvalue weighted by Gasteiger charge is 2.29. The number of phenolic OH excluding ortho intramolecular Hbond substituents is 1. The first kappa shape index (κ1) is 21.9. The zero-order chi connectivity index (χ0) is 22.1. The molecule has 3 aromatic carbocycles. The van der Waals surface area contributed by atoms with Crippen LogP contribution in [0.15, 0.2) is 71.6 Å². The van der Waals surface area contributed by atoms with Crippen molar-refractivity contribution in [3.63, 3.8) is 0 Å². The van der Waals surface area contributed by atoms with Crippen LogP contribution in [0.2, 0.25) is 0 Å². The van der Waals surface area contributed by atoms with Crippen molar-refractivity contribution in [3.8, 4) is 5.75 Å². The molecule has 0 unspecified atom stereocenters. The number of aryl methyl sites for hydroxylation is 1. The Bertz CT molecular complexity index is 1090. The molecule has 0 atom stereocenters. The molecule has 0 bridgehead atoms. The summed E-state index contributed by atoms with van der Waals surface area (Å²) in [4.78, 5) is 0.224. The molecule has 0 aliphatic rings. The Hall–Kier alpha value is -2.79. The van der Waals surface area contributed by atoms with Gasteiger partial charge in [0.2, 0.25) is 0 Å². The molecule has 5 heteroatoms. The number of nitrogens with zero attached hydrogens (tertiary/aromatic N) is 1. The van der Waals surface area contributed by atoms with Crippen LogP contribution in [0.5, 0.6) is 5.75 Å². The first-order chi connectivity index (χ1) is 14.1. The summed E-state index contributed by atoms with van der Waals surface area (Å²) < 4.78 is 28.9. The zero-order valence-electron chi connectivity index (χ0n) is 18.1. The number of benzene rings is 3. The Labute approximate surface area is 179 Å². The maximum Gasteiger partial charge on any atom is 0.268 e. The fraction of sp³-hybridized carbons (Fsp3) is 0.280. The van der Waals surface area contributed by atoms with Gasteiger partial charge < -0.3 is 5.11 Å². The monoisotopic (exact) mass is 423 g/mol. The highest BCUT2D eigenvalue weighted by Crippen LogP contribution is 2.41. The van der Waals surface area contributed by atoms with Gasteiger partial charge in [-0.25, -0.2) is 12.7 Å². The molecule has 158 valence electrons. The highest BCUT2D eigenvalue weighted by atomic mass is 32.2. The van der Waals surface area contributed by atoms with Crippen LogP contribution in [-0.2, 0) is 10.0 Å². The van der Waals surface area contributed by atoms with Crippen molar-refractivity contribution < 1.29 is 13.5 Å². The van der Waals surface area contributed by atoms with E-state index in [4.69, 9.17) is 0 Å². The number of anilines is 2. The number of sulfonamides is 1. The maximum atomic E-state index is 13.8. The smallest absolute Gasteiger partial charge is 0.268 e. The molecule has 0 amide bonds. The number of rotatable bonds is 6. The Morgan fingerprint density at radius 2 is 1.27 bits per heavy atom. The predicted octanol–water partition coefficient (Wildman–Crippen LogP) is 6.47. The van der Waals surface area contributed by atoms with E-state index in [1.165, 1.54) is 4.31 Å². The van der Waals surface area contributed by atoms with Crippen molar-refractivity contribution in [2.45, 2.75) is 51.3 Å². The van der Waals surface area contributed by atoms with Crippen LogP contribution in [0.1, 0.15) is 56.2 Å².